The molecule has 0 fully saturated rings. The Bertz CT molecular complexity index is 792. The van der Waals surface area contributed by atoms with Gasteiger partial charge in [0.05, 0.1) is 19.6 Å². The van der Waals surface area contributed by atoms with Crippen molar-refractivity contribution in [3.05, 3.63) is 36.2 Å². The summed E-state index contributed by atoms with van der Waals surface area (Å²) < 4.78 is 11.5. The first kappa shape index (κ1) is 13.1. The van der Waals surface area contributed by atoms with Gasteiger partial charge < -0.3 is 14.5 Å². The molecule has 8 heteroatoms. The summed E-state index contributed by atoms with van der Waals surface area (Å²) in [4.78, 5) is 19.9. The Kier molecular flexibility index (Phi) is 3.27. The summed E-state index contributed by atoms with van der Waals surface area (Å²) in [5.74, 6) is 0.308. The summed E-state index contributed by atoms with van der Waals surface area (Å²) in [7, 11) is 3.13. The molecule has 21 heavy (non-hydrogen) atoms. The fourth-order valence-electron chi connectivity index (χ4n) is 2.06. The smallest absolute Gasteiger partial charge is 0.374 e. The number of nitrogens with zero attached hydrogens (tertiary/aromatic N) is 4. The van der Waals surface area contributed by atoms with Crippen LogP contribution in [0.4, 0.5) is 5.82 Å². The lowest BCUT2D eigenvalue weighted by Crippen LogP contribution is -2.08. The van der Waals surface area contributed by atoms with E-state index in [4.69, 9.17) is 4.42 Å². The largest absolute Gasteiger partial charge is 0.463 e. The molecule has 0 atom stereocenters. The van der Waals surface area contributed by atoms with E-state index in [1.165, 1.54) is 19.7 Å². The first-order valence-corrected chi connectivity index (χ1v) is 6.22. The number of aromatic nitrogens is 4. The molecule has 0 saturated carbocycles. The molecule has 3 heterocycles. The maximum Gasteiger partial charge on any atom is 0.374 e. The number of nitrogens with one attached hydrogen (secondary N) is 1. The SMILES string of the molecule is COC(=O)c1occc1CNc1ncnc2cnn(C)c12. The van der Waals surface area contributed by atoms with Crippen molar-refractivity contribution in [2.75, 3.05) is 12.4 Å². The standard InChI is InChI=1S/C13H13N5O3/c1-18-10-9(6-17-18)15-7-16-12(10)14-5-8-3-4-21-11(8)13(19)20-2/h3-4,6-7H,5H2,1-2H3,(H,14,15,16). The van der Waals surface area contributed by atoms with Crippen molar-refractivity contribution < 1.29 is 13.9 Å². The number of fused-ring (bicyclic) bond motifs is 1. The maximum atomic E-state index is 11.5. The van der Waals surface area contributed by atoms with Crippen molar-refractivity contribution >= 4 is 22.8 Å². The molecular formula is C13H13N5O3. The second-order valence-corrected chi connectivity index (χ2v) is 4.34. The van der Waals surface area contributed by atoms with E-state index in [0.29, 0.717) is 17.9 Å². The third-order valence-electron chi connectivity index (χ3n) is 3.09. The molecule has 0 amide bonds. The molecule has 0 aromatic carbocycles. The predicted octanol–water partition coefficient (Wildman–Crippen LogP) is 1.35. The van der Waals surface area contributed by atoms with Crippen molar-refractivity contribution in [2.45, 2.75) is 6.54 Å². The Hall–Kier alpha value is -2.90. The van der Waals surface area contributed by atoms with E-state index in [9.17, 15) is 4.79 Å². The van der Waals surface area contributed by atoms with E-state index in [1.54, 1.807) is 16.9 Å². The van der Waals surface area contributed by atoms with Crippen LogP contribution in [0, 0.1) is 0 Å². The van der Waals surface area contributed by atoms with Crippen LogP contribution in [-0.4, -0.2) is 32.8 Å². The molecule has 3 aromatic heterocycles. The van der Waals surface area contributed by atoms with Crippen LogP contribution >= 0.6 is 0 Å². The number of anilines is 1. The van der Waals surface area contributed by atoms with Crippen molar-refractivity contribution in [2.24, 2.45) is 7.05 Å². The van der Waals surface area contributed by atoms with E-state index in [1.807, 2.05) is 7.05 Å². The van der Waals surface area contributed by atoms with E-state index in [-0.39, 0.29) is 5.76 Å². The minimum absolute atomic E-state index is 0.181. The average Bonchev–Trinajstić information content (AvgIpc) is 3.12. The molecule has 0 radical (unpaired) electrons. The number of ether oxygens (including phenoxy) is 1. The number of methoxy groups -OCH3 is 1. The summed E-state index contributed by atoms with van der Waals surface area (Å²) in [6.07, 6.45) is 4.58. The lowest BCUT2D eigenvalue weighted by atomic mass is 10.2. The van der Waals surface area contributed by atoms with Crippen LogP contribution in [0.25, 0.3) is 11.0 Å². The summed E-state index contributed by atoms with van der Waals surface area (Å²) in [6, 6.07) is 1.71. The number of esters is 1. The Morgan fingerprint density at radius 2 is 2.33 bits per heavy atom. The van der Waals surface area contributed by atoms with Gasteiger partial charge in [-0.3, -0.25) is 4.68 Å². The molecule has 0 spiro atoms. The Labute approximate surface area is 119 Å². The zero-order chi connectivity index (χ0) is 14.8. The number of rotatable bonds is 4. The van der Waals surface area contributed by atoms with Gasteiger partial charge in [0, 0.05) is 19.2 Å². The molecule has 0 unspecified atom stereocenters. The third kappa shape index (κ3) is 2.31. The first-order valence-electron chi connectivity index (χ1n) is 6.22. The molecule has 108 valence electrons. The van der Waals surface area contributed by atoms with Crippen LogP contribution in [0.3, 0.4) is 0 Å². The molecule has 0 aliphatic rings. The molecule has 1 N–H and O–H groups in total. The van der Waals surface area contributed by atoms with Gasteiger partial charge in [-0.05, 0) is 6.07 Å². The fraction of sp³-hybridized carbons (Fsp3) is 0.231. The number of hydrogen-bond acceptors (Lipinski definition) is 7. The highest BCUT2D eigenvalue weighted by atomic mass is 16.5. The Balaban J connectivity index is 1.86. The minimum atomic E-state index is -0.509. The average molecular weight is 287 g/mol. The van der Waals surface area contributed by atoms with Gasteiger partial charge in [-0.25, -0.2) is 14.8 Å². The van der Waals surface area contributed by atoms with Gasteiger partial charge in [-0.15, -0.1) is 0 Å². The molecule has 3 aromatic rings. The number of hydrogen-bond donors (Lipinski definition) is 1. The lowest BCUT2D eigenvalue weighted by molar-refractivity contribution is 0.0563. The van der Waals surface area contributed by atoms with Crippen LogP contribution in [0.2, 0.25) is 0 Å². The van der Waals surface area contributed by atoms with Crippen LogP contribution in [0.1, 0.15) is 16.1 Å². The van der Waals surface area contributed by atoms with E-state index < -0.39 is 5.97 Å². The topological polar surface area (TPSA) is 95.1 Å². The van der Waals surface area contributed by atoms with E-state index in [2.05, 4.69) is 25.1 Å². The van der Waals surface area contributed by atoms with Crippen LogP contribution in [0.5, 0.6) is 0 Å². The van der Waals surface area contributed by atoms with Crippen LogP contribution in [0.15, 0.2) is 29.3 Å². The number of aryl methyl sites for hydroxylation is 1. The monoisotopic (exact) mass is 287 g/mol. The quantitative estimate of drug-likeness (QED) is 0.724. The van der Waals surface area contributed by atoms with E-state index >= 15 is 0 Å². The van der Waals surface area contributed by atoms with Gasteiger partial charge in [0.15, 0.2) is 5.82 Å². The van der Waals surface area contributed by atoms with Gasteiger partial charge in [0.1, 0.15) is 17.4 Å². The highest BCUT2D eigenvalue weighted by Gasteiger charge is 2.16. The van der Waals surface area contributed by atoms with Crippen molar-refractivity contribution in [1.82, 2.24) is 19.7 Å². The number of carbonyl (C=O) groups excluding carboxylic acids is 1. The molecule has 0 bridgehead atoms. The highest BCUT2D eigenvalue weighted by Crippen LogP contribution is 2.19. The summed E-state index contributed by atoms with van der Waals surface area (Å²) >= 11 is 0. The third-order valence-corrected chi connectivity index (χ3v) is 3.09. The van der Waals surface area contributed by atoms with Gasteiger partial charge >= 0.3 is 5.97 Å². The van der Waals surface area contributed by atoms with Crippen molar-refractivity contribution in [3.63, 3.8) is 0 Å². The predicted molar refractivity (Wildman–Crippen MR) is 73.7 cm³/mol. The van der Waals surface area contributed by atoms with Gasteiger partial charge in [-0.1, -0.05) is 0 Å². The first-order chi connectivity index (χ1) is 10.2. The van der Waals surface area contributed by atoms with Crippen molar-refractivity contribution in [1.29, 1.82) is 0 Å². The summed E-state index contributed by atoms with van der Waals surface area (Å²) in [5, 5.41) is 7.30. The molecule has 8 nitrogen and oxygen atoms in total. The Morgan fingerprint density at radius 1 is 1.48 bits per heavy atom. The normalized spacial score (nSPS) is 10.8. The lowest BCUT2D eigenvalue weighted by Gasteiger charge is -2.07. The summed E-state index contributed by atoms with van der Waals surface area (Å²) in [5.41, 5.74) is 2.23. The van der Waals surface area contributed by atoms with Gasteiger partial charge in [0.2, 0.25) is 5.76 Å². The molecule has 0 saturated heterocycles. The second kappa shape index (κ2) is 5.23. The molecule has 3 rings (SSSR count). The van der Waals surface area contributed by atoms with E-state index in [0.717, 1.165) is 11.0 Å². The van der Waals surface area contributed by atoms with Gasteiger partial charge in [0.25, 0.3) is 0 Å². The molecular weight excluding hydrogens is 274 g/mol. The van der Waals surface area contributed by atoms with Crippen LogP contribution < -0.4 is 5.32 Å². The maximum absolute atomic E-state index is 11.5. The fourth-order valence-corrected chi connectivity index (χ4v) is 2.06. The number of furan rings is 1. The zero-order valence-electron chi connectivity index (χ0n) is 11.5. The van der Waals surface area contributed by atoms with Crippen LogP contribution in [-0.2, 0) is 18.3 Å². The molecule has 0 aliphatic carbocycles. The number of carbonyl (C=O) groups is 1. The second-order valence-electron chi connectivity index (χ2n) is 4.34. The van der Waals surface area contributed by atoms with Gasteiger partial charge in [-0.2, -0.15) is 5.10 Å². The van der Waals surface area contributed by atoms with Crippen molar-refractivity contribution in [3.8, 4) is 0 Å². The highest BCUT2D eigenvalue weighted by molar-refractivity contribution is 5.88. The molecule has 0 aliphatic heterocycles. The summed E-state index contributed by atoms with van der Waals surface area (Å²) in [6.45, 7) is 0.373. The zero-order valence-corrected chi connectivity index (χ0v) is 11.5. The minimum Gasteiger partial charge on any atom is -0.463 e. The Morgan fingerprint density at radius 3 is 3.14 bits per heavy atom.